The molecule has 76 valence electrons. The molecular weight excluding hydrogens is 268 g/mol. The number of hydrogen-bond acceptors (Lipinski definition) is 2. The summed E-state index contributed by atoms with van der Waals surface area (Å²) in [4.78, 5) is 11.1. The molecule has 1 N–H and O–H groups in total. The maximum absolute atomic E-state index is 11.6. The molecule has 0 aliphatic carbocycles. The van der Waals surface area contributed by atoms with E-state index in [1.165, 1.54) is 6.92 Å². The van der Waals surface area contributed by atoms with E-state index in [9.17, 15) is 9.00 Å². The second-order valence-corrected chi connectivity index (χ2v) is 5.42. The average molecular weight is 277 g/mol. The van der Waals surface area contributed by atoms with Crippen LogP contribution in [0.15, 0.2) is 33.6 Å². The maximum Gasteiger partial charge on any atom is 0.319 e. The number of rotatable bonds is 3. The molecular formula is C9H9BrO3S. The number of hydrogen-bond donors (Lipinski definition) is 1. The molecule has 2 atom stereocenters. The number of carboxylic acid groups (broad SMARTS) is 1. The van der Waals surface area contributed by atoms with Crippen LogP contribution in [0.25, 0.3) is 0 Å². The SMILES string of the molecule is CC(C(=O)O)S(=O)c1cccc(Br)c1. The molecule has 3 nitrogen and oxygen atoms in total. The lowest BCUT2D eigenvalue weighted by Crippen LogP contribution is -2.21. The zero-order chi connectivity index (χ0) is 10.7. The summed E-state index contributed by atoms with van der Waals surface area (Å²) in [5.74, 6) is -1.05. The van der Waals surface area contributed by atoms with Crippen molar-refractivity contribution in [3.63, 3.8) is 0 Å². The molecule has 0 fully saturated rings. The van der Waals surface area contributed by atoms with Gasteiger partial charge in [-0.3, -0.25) is 9.00 Å². The van der Waals surface area contributed by atoms with Gasteiger partial charge in [0.1, 0.15) is 5.25 Å². The van der Waals surface area contributed by atoms with Crippen molar-refractivity contribution in [2.45, 2.75) is 17.1 Å². The minimum absolute atomic E-state index is 0.522. The first-order valence-electron chi connectivity index (χ1n) is 3.91. The minimum atomic E-state index is -1.50. The Morgan fingerprint density at radius 2 is 2.21 bits per heavy atom. The number of halogens is 1. The summed E-state index contributed by atoms with van der Waals surface area (Å²) in [6.07, 6.45) is 0. The Bertz CT molecular complexity index is 378. The lowest BCUT2D eigenvalue weighted by Gasteiger charge is -2.06. The predicted octanol–water partition coefficient (Wildman–Crippen LogP) is 2.03. The molecule has 0 saturated carbocycles. The third kappa shape index (κ3) is 2.65. The number of aliphatic carboxylic acids is 1. The lowest BCUT2D eigenvalue weighted by atomic mass is 10.4. The van der Waals surface area contributed by atoms with Gasteiger partial charge < -0.3 is 5.11 Å². The van der Waals surface area contributed by atoms with E-state index in [2.05, 4.69) is 15.9 Å². The molecule has 0 aliphatic heterocycles. The lowest BCUT2D eigenvalue weighted by molar-refractivity contribution is -0.136. The fraction of sp³-hybridized carbons (Fsp3) is 0.222. The van der Waals surface area contributed by atoms with Gasteiger partial charge in [-0.2, -0.15) is 0 Å². The second-order valence-electron chi connectivity index (χ2n) is 2.74. The van der Waals surface area contributed by atoms with E-state index in [0.717, 1.165) is 4.47 Å². The summed E-state index contributed by atoms with van der Waals surface area (Å²) < 4.78 is 12.4. The Morgan fingerprint density at radius 3 is 2.71 bits per heavy atom. The van der Waals surface area contributed by atoms with Crippen molar-refractivity contribution < 1.29 is 14.1 Å². The van der Waals surface area contributed by atoms with Gasteiger partial charge in [-0.05, 0) is 25.1 Å². The van der Waals surface area contributed by atoms with Crippen LogP contribution < -0.4 is 0 Å². The molecule has 0 saturated heterocycles. The molecule has 1 rings (SSSR count). The van der Waals surface area contributed by atoms with Gasteiger partial charge in [0.25, 0.3) is 0 Å². The van der Waals surface area contributed by atoms with Crippen molar-refractivity contribution in [2.24, 2.45) is 0 Å². The van der Waals surface area contributed by atoms with Crippen molar-refractivity contribution in [1.82, 2.24) is 0 Å². The normalized spacial score (nSPS) is 14.7. The summed E-state index contributed by atoms with van der Waals surface area (Å²) in [5, 5.41) is 7.79. The molecule has 5 heteroatoms. The Labute approximate surface area is 92.7 Å². The number of carboxylic acids is 1. The molecule has 2 unspecified atom stereocenters. The number of carbonyl (C=O) groups is 1. The summed E-state index contributed by atoms with van der Waals surface area (Å²) in [7, 11) is -1.50. The van der Waals surface area contributed by atoms with Crippen LogP contribution in [-0.4, -0.2) is 20.5 Å². The van der Waals surface area contributed by atoms with Gasteiger partial charge in [0.15, 0.2) is 0 Å². The molecule has 0 aliphatic rings. The molecule has 14 heavy (non-hydrogen) atoms. The molecule has 0 bridgehead atoms. The van der Waals surface area contributed by atoms with E-state index < -0.39 is 22.0 Å². The zero-order valence-electron chi connectivity index (χ0n) is 7.44. The zero-order valence-corrected chi connectivity index (χ0v) is 9.84. The molecule has 0 heterocycles. The first kappa shape index (κ1) is 11.4. The fourth-order valence-corrected chi connectivity index (χ4v) is 2.49. The van der Waals surface area contributed by atoms with Crippen LogP contribution in [0.4, 0.5) is 0 Å². The second kappa shape index (κ2) is 4.70. The van der Waals surface area contributed by atoms with E-state index in [-0.39, 0.29) is 0 Å². The Hall–Kier alpha value is -0.680. The third-order valence-electron chi connectivity index (χ3n) is 1.70. The topological polar surface area (TPSA) is 54.4 Å². The Kier molecular flexibility index (Phi) is 3.83. The van der Waals surface area contributed by atoms with Crippen LogP contribution in [0, 0.1) is 0 Å². The third-order valence-corrected chi connectivity index (χ3v) is 3.75. The number of benzene rings is 1. The van der Waals surface area contributed by atoms with Crippen molar-refractivity contribution >= 4 is 32.7 Å². The van der Waals surface area contributed by atoms with Crippen LogP contribution in [0.2, 0.25) is 0 Å². The van der Waals surface area contributed by atoms with Gasteiger partial charge >= 0.3 is 5.97 Å². The molecule has 1 aromatic carbocycles. The van der Waals surface area contributed by atoms with Gasteiger partial charge in [-0.1, -0.05) is 22.0 Å². The minimum Gasteiger partial charge on any atom is -0.480 e. The highest BCUT2D eigenvalue weighted by molar-refractivity contribution is 9.10. The van der Waals surface area contributed by atoms with Crippen molar-refractivity contribution in [1.29, 1.82) is 0 Å². The largest absolute Gasteiger partial charge is 0.480 e. The average Bonchev–Trinajstić information content (AvgIpc) is 2.15. The van der Waals surface area contributed by atoms with Crippen LogP contribution in [0.3, 0.4) is 0 Å². The quantitative estimate of drug-likeness (QED) is 0.919. The van der Waals surface area contributed by atoms with E-state index in [1.54, 1.807) is 24.3 Å². The monoisotopic (exact) mass is 276 g/mol. The highest BCUT2D eigenvalue weighted by Gasteiger charge is 2.20. The Morgan fingerprint density at radius 1 is 1.57 bits per heavy atom. The van der Waals surface area contributed by atoms with Crippen molar-refractivity contribution in [3.8, 4) is 0 Å². The Balaban J connectivity index is 2.95. The van der Waals surface area contributed by atoms with E-state index in [1.807, 2.05) is 0 Å². The smallest absolute Gasteiger partial charge is 0.319 e. The molecule has 0 radical (unpaired) electrons. The van der Waals surface area contributed by atoms with Gasteiger partial charge in [0, 0.05) is 9.37 Å². The van der Waals surface area contributed by atoms with Crippen molar-refractivity contribution in [2.75, 3.05) is 0 Å². The molecule has 1 aromatic rings. The first-order valence-corrected chi connectivity index (χ1v) is 5.92. The fourth-order valence-electron chi connectivity index (χ4n) is 0.888. The summed E-state index contributed by atoms with van der Waals surface area (Å²) in [6.45, 7) is 1.43. The van der Waals surface area contributed by atoms with Gasteiger partial charge in [-0.15, -0.1) is 0 Å². The van der Waals surface area contributed by atoms with Crippen LogP contribution >= 0.6 is 15.9 Å². The summed E-state index contributed by atoms with van der Waals surface area (Å²) in [5.41, 5.74) is 0. The van der Waals surface area contributed by atoms with Crippen LogP contribution in [-0.2, 0) is 15.6 Å². The first-order chi connectivity index (χ1) is 6.52. The van der Waals surface area contributed by atoms with Crippen molar-refractivity contribution in [3.05, 3.63) is 28.7 Å². The van der Waals surface area contributed by atoms with Crippen LogP contribution in [0.5, 0.6) is 0 Å². The molecule has 0 amide bonds. The van der Waals surface area contributed by atoms with E-state index in [4.69, 9.17) is 5.11 Å². The predicted molar refractivity (Wildman–Crippen MR) is 57.6 cm³/mol. The highest BCUT2D eigenvalue weighted by Crippen LogP contribution is 2.17. The van der Waals surface area contributed by atoms with Gasteiger partial charge in [-0.25, -0.2) is 0 Å². The van der Waals surface area contributed by atoms with Gasteiger partial charge in [0.05, 0.1) is 10.8 Å². The summed E-state index contributed by atoms with van der Waals surface area (Å²) >= 11 is 3.23. The van der Waals surface area contributed by atoms with E-state index >= 15 is 0 Å². The highest BCUT2D eigenvalue weighted by atomic mass is 79.9. The van der Waals surface area contributed by atoms with Crippen LogP contribution in [0.1, 0.15) is 6.92 Å². The molecule has 0 aromatic heterocycles. The standard InChI is InChI=1S/C9H9BrO3S/c1-6(9(11)12)14(13)8-4-2-3-7(10)5-8/h2-6H,1H3,(H,11,12). The van der Waals surface area contributed by atoms with Gasteiger partial charge in [0.2, 0.25) is 0 Å². The maximum atomic E-state index is 11.6. The molecule has 0 spiro atoms. The van der Waals surface area contributed by atoms with E-state index in [0.29, 0.717) is 4.90 Å². The summed E-state index contributed by atoms with van der Waals surface area (Å²) in [6, 6.07) is 6.84.